The van der Waals surface area contributed by atoms with Crippen LogP contribution in [0.25, 0.3) is 0 Å². The lowest BCUT2D eigenvalue weighted by Crippen LogP contribution is -2.06. The molecule has 0 amide bonds. The van der Waals surface area contributed by atoms with Gasteiger partial charge in [-0.05, 0) is 37.5 Å². The zero-order chi connectivity index (χ0) is 15.3. The Morgan fingerprint density at radius 1 is 0.750 bits per heavy atom. The van der Waals surface area contributed by atoms with Crippen molar-refractivity contribution in [3.8, 4) is 0 Å². The summed E-state index contributed by atoms with van der Waals surface area (Å²) in [5, 5.41) is 0. The quantitative estimate of drug-likeness (QED) is 0.254. The molecule has 0 saturated carbocycles. The van der Waals surface area contributed by atoms with Gasteiger partial charge in [-0.3, -0.25) is 0 Å². The first-order valence-corrected chi connectivity index (χ1v) is 9.17. The van der Waals surface area contributed by atoms with E-state index in [1.54, 1.807) is 5.57 Å². The molecule has 0 unspecified atom stereocenters. The third kappa shape index (κ3) is 14.2. The SMILES string of the molecule is CCCCC/C=C(\CCCCCCCC)CC(C)(C)C. The largest absolute Gasteiger partial charge is 0.0853 e. The summed E-state index contributed by atoms with van der Waals surface area (Å²) < 4.78 is 0. The summed E-state index contributed by atoms with van der Waals surface area (Å²) in [4.78, 5) is 0. The van der Waals surface area contributed by atoms with Gasteiger partial charge in [-0.15, -0.1) is 0 Å². The molecule has 0 N–H and O–H groups in total. The molecule has 0 bridgehead atoms. The van der Waals surface area contributed by atoms with E-state index in [9.17, 15) is 0 Å². The van der Waals surface area contributed by atoms with Crippen LogP contribution in [-0.2, 0) is 0 Å². The van der Waals surface area contributed by atoms with Gasteiger partial charge in [0.05, 0.1) is 0 Å². The number of hydrogen-bond acceptors (Lipinski definition) is 0. The summed E-state index contributed by atoms with van der Waals surface area (Å²) in [6, 6.07) is 0. The van der Waals surface area contributed by atoms with Gasteiger partial charge in [0.25, 0.3) is 0 Å². The van der Waals surface area contributed by atoms with Gasteiger partial charge >= 0.3 is 0 Å². The minimum absolute atomic E-state index is 0.443. The van der Waals surface area contributed by atoms with Crippen molar-refractivity contribution in [2.24, 2.45) is 5.41 Å². The van der Waals surface area contributed by atoms with Crippen LogP contribution in [0.3, 0.4) is 0 Å². The van der Waals surface area contributed by atoms with Gasteiger partial charge in [0.2, 0.25) is 0 Å². The Hall–Kier alpha value is -0.260. The predicted octanol–water partition coefficient (Wildman–Crippen LogP) is 7.68. The monoisotopic (exact) mass is 280 g/mol. The third-order valence-electron chi connectivity index (χ3n) is 3.85. The summed E-state index contributed by atoms with van der Waals surface area (Å²) in [6.45, 7) is 11.7. The zero-order valence-corrected chi connectivity index (χ0v) is 15.1. The normalized spacial score (nSPS) is 12.9. The van der Waals surface area contributed by atoms with Gasteiger partial charge in [0.15, 0.2) is 0 Å². The highest BCUT2D eigenvalue weighted by molar-refractivity contribution is 5.04. The first-order chi connectivity index (χ1) is 9.49. The molecule has 0 heterocycles. The lowest BCUT2D eigenvalue weighted by atomic mass is 9.85. The maximum absolute atomic E-state index is 2.56. The van der Waals surface area contributed by atoms with E-state index in [0.717, 1.165) is 0 Å². The maximum Gasteiger partial charge on any atom is -0.0271 e. The molecule has 0 nitrogen and oxygen atoms in total. The van der Waals surface area contributed by atoms with E-state index in [4.69, 9.17) is 0 Å². The van der Waals surface area contributed by atoms with Crippen molar-refractivity contribution in [3.63, 3.8) is 0 Å². The van der Waals surface area contributed by atoms with Crippen LogP contribution < -0.4 is 0 Å². The molecule has 0 aromatic carbocycles. The molecular formula is C20H40. The van der Waals surface area contributed by atoms with Gasteiger partial charge < -0.3 is 0 Å². The van der Waals surface area contributed by atoms with Crippen LogP contribution in [0.4, 0.5) is 0 Å². The van der Waals surface area contributed by atoms with E-state index in [0.29, 0.717) is 5.41 Å². The van der Waals surface area contributed by atoms with Crippen LogP contribution in [0.2, 0.25) is 0 Å². The van der Waals surface area contributed by atoms with Crippen molar-refractivity contribution in [1.82, 2.24) is 0 Å². The van der Waals surface area contributed by atoms with Crippen LogP contribution in [0.5, 0.6) is 0 Å². The standard InChI is InChI=1S/C20H40/c1-6-8-10-12-13-15-17-19(18-20(3,4)5)16-14-11-9-7-2/h16H,6-15,17-18H2,1-5H3/b19-16+. The summed E-state index contributed by atoms with van der Waals surface area (Å²) in [6.07, 6.45) is 19.1. The highest BCUT2D eigenvalue weighted by Gasteiger charge is 2.12. The van der Waals surface area contributed by atoms with Gasteiger partial charge in [0.1, 0.15) is 0 Å². The van der Waals surface area contributed by atoms with Gasteiger partial charge in [-0.1, -0.05) is 91.2 Å². The molecule has 0 spiro atoms. The highest BCUT2D eigenvalue weighted by Crippen LogP contribution is 2.28. The van der Waals surface area contributed by atoms with E-state index in [2.05, 4.69) is 40.7 Å². The number of hydrogen-bond donors (Lipinski definition) is 0. The minimum Gasteiger partial charge on any atom is -0.0853 e. The topological polar surface area (TPSA) is 0 Å². The van der Waals surface area contributed by atoms with Crippen molar-refractivity contribution < 1.29 is 0 Å². The number of rotatable bonds is 12. The van der Waals surface area contributed by atoms with Crippen LogP contribution in [0, 0.1) is 5.41 Å². The molecule has 20 heavy (non-hydrogen) atoms. The molecule has 0 aromatic heterocycles. The van der Waals surface area contributed by atoms with E-state index in [1.807, 2.05) is 0 Å². The fourth-order valence-corrected chi connectivity index (χ4v) is 2.78. The summed E-state index contributed by atoms with van der Waals surface area (Å²) >= 11 is 0. The number of allylic oxidation sites excluding steroid dienone is 2. The van der Waals surface area contributed by atoms with Crippen molar-refractivity contribution in [3.05, 3.63) is 11.6 Å². The van der Waals surface area contributed by atoms with Crippen LogP contribution in [0.15, 0.2) is 11.6 Å². The van der Waals surface area contributed by atoms with Gasteiger partial charge in [-0.25, -0.2) is 0 Å². The molecule has 0 aromatic rings. The van der Waals surface area contributed by atoms with Crippen molar-refractivity contribution in [2.75, 3.05) is 0 Å². The third-order valence-corrected chi connectivity index (χ3v) is 3.85. The molecule has 0 atom stereocenters. The second-order valence-corrected chi connectivity index (χ2v) is 7.61. The first-order valence-electron chi connectivity index (χ1n) is 9.17. The molecule has 0 rings (SSSR count). The second-order valence-electron chi connectivity index (χ2n) is 7.61. The molecule has 0 heteroatoms. The van der Waals surface area contributed by atoms with Crippen molar-refractivity contribution in [1.29, 1.82) is 0 Å². The molecule has 0 saturated heterocycles. The predicted molar refractivity (Wildman–Crippen MR) is 94.3 cm³/mol. The van der Waals surface area contributed by atoms with E-state index in [-0.39, 0.29) is 0 Å². The Bertz CT molecular complexity index is 229. The zero-order valence-electron chi connectivity index (χ0n) is 15.1. The molecular weight excluding hydrogens is 240 g/mol. The Kier molecular flexibility index (Phi) is 12.3. The number of unbranched alkanes of at least 4 members (excludes halogenated alkanes) is 8. The van der Waals surface area contributed by atoms with Gasteiger partial charge in [-0.2, -0.15) is 0 Å². The van der Waals surface area contributed by atoms with Crippen LogP contribution >= 0.6 is 0 Å². The fourth-order valence-electron chi connectivity index (χ4n) is 2.78. The van der Waals surface area contributed by atoms with Crippen LogP contribution in [-0.4, -0.2) is 0 Å². The maximum atomic E-state index is 2.56. The lowest BCUT2D eigenvalue weighted by molar-refractivity contribution is 0.401. The van der Waals surface area contributed by atoms with E-state index < -0.39 is 0 Å². The molecule has 0 aliphatic heterocycles. The highest BCUT2D eigenvalue weighted by atomic mass is 14.2. The Morgan fingerprint density at radius 2 is 1.30 bits per heavy atom. The smallest absolute Gasteiger partial charge is 0.0271 e. The first kappa shape index (κ1) is 19.7. The molecule has 0 aliphatic carbocycles. The summed E-state index contributed by atoms with van der Waals surface area (Å²) in [5.74, 6) is 0. The Balaban J connectivity index is 3.98. The van der Waals surface area contributed by atoms with Crippen molar-refractivity contribution in [2.45, 2.75) is 112 Å². The molecule has 120 valence electrons. The molecule has 0 aliphatic rings. The Labute approximate surface area is 129 Å². The summed E-state index contributed by atoms with van der Waals surface area (Å²) in [5.41, 5.74) is 2.17. The van der Waals surface area contributed by atoms with E-state index >= 15 is 0 Å². The van der Waals surface area contributed by atoms with Crippen LogP contribution in [0.1, 0.15) is 112 Å². The lowest BCUT2D eigenvalue weighted by Gasteiger charge is -2.21. The average molecular weight is 281 g/mol. The fraction of sp³-hybridized carbons (Fsp3) is 0.900. The average Bonchev–Trinajstić information content (AvgIpc) is 2.36. The van der Waals surface area contributed by atoms with Gasteiger partial charge in [0, 0.05) is 0 Å². The van der Waals surface area contributed by atoms with Crippen molar-refractivity contribution >= 4 is 0 Å². The molecule has 0 radical (unpaired) electrons. The summed E-state index contributed by atoms with van der Waals surface area (Å²) in [7, 11) is 0. The Morgan fingerprint density at radius 3 is 1.90 bits per heavy atom. The second kappa shape index (κ2) is 12.5. The molecule has 0 fully saturated rings. The minimum atomic E-state index is 0.443. The van der Waals surface area contributed by atoms with E-state index in [1.165, 1.54) is 77.0 Å².